The summed E-state index contributed by atoms with van der Waals surface area (Å²) in [5.74, 6) is -0.139. The number of fused-ring (bicyclic) bond motifs is 1. The summed E-state index contributed by atoms with van der Waals surface area (Å²) in [6.45, 7) is 4.06. The Kier molecular flexibility index (Phi) is 4.20. The number of rotatable bonds is 4. The molecular formula is C18H18N2OS. The van der Waals surface area contributed by atoms with Crippen LogP contribution in [-0.4, -0.2) is 10.9 Å². The van der Waals surface area contributed by atoms with Gasteiger partial charge < -0.3 is 5.32 Å². The zero-order valence-electron chi connectivity index (χ0n) is 12.7. The van der Waals surface area contributed by atoms with E-state index in [1.165, 1.54) is 11.3 Å². The van der Waals surface area contributed by atoms with Gasteiger partial charge in [-0.3, -0.25) is 4.79 Å². The van der Waals surface area contributed by atoms with Crippen LogP contribution in [0.5, 0.6) is 0 Å². The Morgan fingerprint density at radius 3 is 2.64 bits per heavy atom. The third kappa shape index (κ3) is 2.88. The van der Waals surface area contributed by atoms with Crippen molar-refractivity contribution in [2.45, 2.75) is 26.2 Å². The summed E-state index contributed by atoms with van der Waals surface area (Å²) in [5, 5.41) is 3.65. The van der Waals surface area contributed by atoms with Gasteiger partial charge in [-0.1, -0.05) is 60.7 Å². The molecule has 3 nitrogen and oxygen atoms in total. The first kappa shape index (κ1) is 14.7. The van der Waals surface area contributed by atoms with Gasteiger partial charge in [0.1, 0.15) is 0 Å². The minimum Gasteiger partial charge on any atom is -0.301 e. The van der Waals surface area contributed by atoms with Gasteiger partial charge in [0.15, 0.2) is 5.13 Å². The lowest BCUT2D eigenvalue weighted by Gasteiger charge is -2.13. The molecule has 1 heterocycles. The van der Waals surface area contributed by atoms with Crippen molar-refractivity contribution in [2.24, 2.45) is 0 Å². The average molecular weight is 310 g/mol. The molecule has 1 amide bonds. The highest BCUT2D eigenvalue weighted by atomic mass is 32.1. The van der Waals surface area contributed by atoms with E-state index in [4.69, 9.17) is 0 Å². The molecule has 1 unspecified atom stereocenters. The van der Waals surface area contributed by atoms with Gasteiger partial charge >= 0.3 is 0 Å². The first-order valence-corrected chi connectivity index (χ1v) is 8.22. The molecule has 0 aliphatic heterocycles. The van der Waals surface area contributed by atoms with E-state index in [0.29, 0.717) is 5.13 Å². The van der Waals surface area contributed by atoms with Crippen molar-refractivity contribution in [3.63, 3.8) is 0 Å². The molecule has 0 spiro atoms. The maximum Gasteiger partial charge on any atom is 0.233 e. The molecule has 2 aromatic carbocycles. The number of aromatic nitrogens is 1. The Labute approximate surface area is 134 Å². The third-order valence-corrected chi connectivity index (χ3v) is 4.71. The summed E-state index contributed by atoms with van der Waals surface area (Å²) < 4.78 is 1.10. The van der Waals surface area contributed by atoms with Gasteiger partial charge in [0, 0.05) is 0 Å². The monoisotopic (exact) mass is 310 g/mol. The van der Waals surface area contributed by atoms with E-state index in [1.54, 1.807) is 0 Å². The molecule has 0 radical (unpaired) electrons. The third-order valence-electron chi connectivity index (χ3n) is 3.78. The van der Waals surface area contributed by atoms with Crippen molar-refractivity contribution < 1.29 is 4.79 Å². The number of carbonyl (C=O) groups excluding carboxylic acids is 1. The lowest BCUT2D eigenvalue weighted by Crippen LogP contribution is -2.20. The number of para-hydroxylation sites is 1. The number of amides is 1. The molecule has 1 aromatic heterocycles. The van der Waals surface area contributed by atoms with E-state index in [2.05, 4.69) is 10.3 Å². The van der Waals surface area contributed by atoms with Crippen LogP contribution in [0.2, 0.25) is 0 Å². The van der Waals surface area contributed by atoms with Crippen LogP contribution in [0.15, 0.2) is 48.5 Å². The molecule has 1 N–H and O–H groups in total. The Hall–Kier alpha value is -2.20. The number of nitrogens with zero attached hydrogens (tertiary/aromatic N) is 1. The highest BCUT2D eigenvalue weighted by Gasteiger charge is 2.19. The van der Waals surface area contributed by atoms with Crippen LogP contribution in [-0.2, 0) is 4.79 Å². The first-order chi connectivity index (χ1) is 10.7. The molecule has 112 valence electrons. The van der Waals surface area contributed by atoms with Crippen LogP contribution in [0, 0.1) is 6.92 Å². The number of hydrogen-bond acceptors (Lipinski definition) is 3. The summed E-state index contributed by atoms with van der Waals surface area (Å²) >= 11 is 1.52. The van der Waals surface area contributed by atoms with Gasteiger partial charge in [-0.15, -0.1) is 0 Å². The van der Waals surface area contributed by atoms with Crippen molar-refractivity contribution in [2.75, 3.05) is 5.32 Å². The van der Waals surface area contributed by atoms with Gasteiger partial charge in [0.05, 0.1) is 16.1 Å². The fraction of sp³-hybridized carbons (Fsp3) is 0.222. The predicted octanol–water partition coefficient (Wildman–Crippen LogP) is 4.74. The molecule has 0 aliphatic carbocycles. The lowest BCUT2D eigenvalue weighted by molar-refractivity contribution is -0.117. The van der Waals surface area contributed by atoms with Gasteiger partial charge in [-0.05, 0) is 30.5 Å². The standard InChI is InChI=1S/C18H18N2OS/c1-3-14(13-9-5-4-6-10-13)17(21)20-18-19-16-12(2)8-7-11-15(16)22-18/h4-11,14H,3H2,1-2H3,(H,19,20,21). The SMILES string of the molecule is CCC(C(=O)Nc1nc2c(C)cccc2s1)c1ccccc1. The largest absolute Gasteiger partial charge is 0.301 e. The fourth-order valence-corrected chi connectivity index (χ4v) is 3.54. The highest BCUT2D eigenvalue weighted by molar-refractivity contribution is 7.22. The number of anilines is 1. The Bertz CT molecular complexity index is 795. The molecule has 0 saturated heterocycles. The number of thiazole rings is 1. The molecule has 0 fully saturated rings. The van der Waals surface area contributed by atoms with Gasteiger partial charge in [0.25, 0.3) is 0 Å². The van der Waals surface area contributed by atoms with Gasteiger partial charge in [-0.2, -0.15) is 0 Å². The molecule has 0 bridgehead atoms. The number of carbonyl (C=O) groups is 1. The smallest absolute Gasteiger partial charge is 0.233 e. The summed E-state index contributed by atoms with van der Waals surface area (Å²) in [6.07, 6.45) is 0.764. The van der Waals surface area contributed by atoms with Gasteiger partial charge in [-0.25, -0.2) is 4.98 Å². The normalized spacial score (nSPS) is 12.3. The van der Waals surface area contributed by atoms with Crippen molar-refractivity contribution in [3.8, 4) is 0 Å². The topological polar surface area (TPSA) is 42.0 Å². The average Bonchev–Trinajstić information content (AvgIpc) is 2.93. The maximum atomic E-state index is 12.6. The van der Waals surface area contributed by atoms with E-state index < -0.39 is 0 Å². The fourth-order valence-electron chi connectivity index (χ4n) is 2.59. The maximum absolute atomic E-state index is 12.6. The second kappa shape index (κ2) is 6.28. The number of nitrogens with one attached hydrogen (secondary N) is 1. The lowest BCUT2D eigenvalue weighted by atomic mass is 9.96. The van der Waals surface area contributed by atoms with Crippen molar-refractivity contribution in [3.05, 3.63) is 59.7 Å². The first-order valence-electron chi connectivity index (χ1n) is 7.41. The Morgan fingerprint density at radius 2 is 1.95 bits per heavy atom. The molecule has 4 heteroatoms. The molecule has 0 aliphatic rings. The van der Waals surface area contributed by atoms with Crippen LogP contribution < -0.4 is 5.32 Å². The van der Waals surface area contributed by atoms with E-state index in [0.717, 1.165) is 27.8 Å². The zero-order chi connectivity index (χ0) is 15.5. The summed E-state index contributed by atoms with van der Waals surface area (Å²) in [4.78, 5) is 17.1. The molecule has 0 saturated carbocycles. The summed E-state index contributed by atoms with van der Waals surface area (Å²) in [5.41, 5.74) is 3.14. The molecule has 3 rings (SSSR count). The Morgan fingerprint density at radius 1 is 1.18 bits per heavy atom. The highest BCUT2D eigenvalue weighted by Crippen LogP contribution is 2.29. The van der Waals surface area contributed by atoms with Crippen LogP contribution >= 0.6 is 11.3 Å². The van der Waals surface area contributed by atoms with Crippen LogP contribution in [0.4, 0.5) is 5.13 Å². The minimum atomic E-state index is -0.144. The Balaban J connectivity index is 1.84. The second-order valence-electron chi connectivity index (χ2n) is 5.30. The van der Waals surface area contributed by atoms with Crippen LogP contribution in [0.1, 0.15) is 30.4 Å². The zero-order valence-corrected chi connectivity index (χ0v) is 13.5. The van der Waals surface area contributed by atoms with Crippen molar-refractivity contribution in [1.29, 1.82) is 0 Å². The number of benzene rings is 2. The molecule has 1 atom stereocenters. The molecule has 22 heavy (non-hydrogen) atoms. The van der Waals surface area contributed by atoms with Crippen LogP contribution in [0.3, 0.4) is 0 Å². The van der Waals surface area contributed by atoms with E-state index in [1.807, 2.05) is 62.4 Å². The number of aryl methyl sites for hydroxylation is 1. The van der Waals surface area contributed by atoms with Crippen molar-refractivity contribution in [1.82, 2.24) is 4.98 Å². The molecule has 3 aromatic rings. The number of hydrogen-bond donors (Lipinski definition) is 1. The molecular weight excluding hydrogens is 292 g/mol. The van der Waals surface area contributed by atoms with E-state index in [9.17, 15) is 4.79 Å². The quantitative estimate of drug-likeness (QED) is 0.756. The van der Waals surface area contributed by atoms with E-state index in [-0.39, 0.29) is 11.8 Å². The van der Waals surface area contributed by atoms with Crippen LogP contribution in [0.25, 0.3) is 10.2 Å². The summed E-state index contributed by atoms with van der Waals surface area (Å²) in [6, 6.07) is 16.0. The predicted molar refractivity (Wildman–Crippen MR) is 92.5 cm³/mol. The van der Waals surface area contributed by atoms with Gasteiger partial charge in [0.2, 0.25) is 5.91 Å². The van der Waals surface area contributed by atoms with E-state index >= 15 is 0 Å². The van der Waals surface area contributed by atoms with Crippen molar-refractivity contribution >= 4 is 32.6 Å². The summed E-state index contributed by atoms with van der Waals surface area (Å²) in [7, 11) is 0. The minimum absolute atomic E-state index is 0.00501. The second-order valence-corrected chi connectivity index (χ2v) is 6.33.